The Morgan fingerprint density at radius 3 is 1.84 bits per heavy atom. The minimum atomic E-state index is -4.61. The average Bonchev–Trinajstić information content (AvgIpc) is 2.85. The molecule has 0 heterocycles. The summed E-state index contributed by atoms with van der Waals surface area (Å²) in [5.41, 5.74) is 1.23. The monoisotopic (exact) mass is 540 g/mol. The highest BCUT2D eigenvalue weighted by atomic mass is 35.5. The molecule has 0 aliphatic heterocycles. The quantitative estimate of drug-likeness (QED) is 0.339. The van der Waals surface area contributed by atoms with Crippen LogP contribution in [0.1, 0.15) is 49.7 Å². The molecule has 3 aromatic rings. The maximum atomic E-state index is 13.1. The zero-order valence-corrected chi connectivity index (χ0v) is 21.4. The number of hydrogen-bond acceptors (Lipinski definition) is 2. The summed E-state index contributed by atoms with van der Waals surface area (Å²) in [4.78, 5) is 12.3. The molecular formula is C30H28ClF3N2O2. The molecule has 0 unspecified atom stereocenters. The van der Waals surface area contributed by atoms with Crippen molar-refractivity contribution in [3.05, 3.63) is 82.9 Å². The van der Waals surface area contributed by atoms with Crippen LogP contribution in [0, 0.1) is 17.8 Å². The van der Waals surface area contributed by atoms with E-state index in [1.165, 1.54) is 50.2 Å². The number of nitrogens with one attached hydrogen (secondary N) is 2. The van der Waals surface area contributed by atoms with Gasteiger partial charge in [0.1, 0.15) is 11.5 Å². The highest BCUT2D eigenvalue weighted by Gasteiger charge is 2.51. The third kappa shape index (κ3) is 5.08. The Kier molecular flexibility index (Phi) is 6.29. The maximum absolute atomic E-state index is 13.1. The summed E-state index contributed by atoms with van der Waals surface area (Å²) in [6, 6.07) is 17.9. The van der Waals surface area contributed by atoms with Crippen LogP contribution in [0.2, 0.25) is 5.02 Å². The van der Waals surface area contributed by atoms with Gasteiger partial charge in [0.2, 0.25) is 0 Å². The minimum Gasteiger partial charge on any atom is -0.457 e. The highest BCUT2D eigenvalue weighted by Crippen LogP contribution is 2.60. The van der Waals surface area contributed by atoms with E-state index in [1.807, 2.05) is 12.1 Å². The largest absolute Gasteiger partial charge is 0.457 e. The second kappa shape index (κ2) is 9.53. The van der Waals surface area contributed by atoms with Gasteiger partial charge in [-0.1, -0.05) is 23.7 Å². The van der Waals surface area contributed by atoms with Crippen molar-refractivity contribution in [2.24, 2.45) is 17.8 Å². The van der Waals surface area contributed by atoms with E-state index in [0.29, 0.717) is 16.9 Å². The van der Waals surface area contributed by atoms with Crippen LogP contribution >= 0.6 is 11.6 Å². The Labute approximate surface area is 224 Å². The third-order valence-corrected chi connectivity index (χ3v) is 8.71. The van der Waals surface area contributed by atoms with Gasteiger partial charge in [-0.05, 0) is 122 Å². The summed E-state index contributed by atoms with van der Waals surface area (Å²) in [6.07, 6.45) is 3.62. The van der Waals surface area contributed by atoms with Crippen molar-refractivity contribution < 1.29 is 22.7 Å². The molecule has 4 nitrogen and oxygen atoms in total. The fourth-order valence-corrected chi connectivity index (χ4v) is 7.42. The number of anilines is 2. The molecule has 2 amide bonds. The number of urea groups is 1. The van der Waals surface area contributed by atoms with Gasteiger partial charge in [0, 0.05) is 11.4 Å². The first-order valence-corrected chi connectivity index (χ1v) is 13.4. The number of rotatable bonds is 5. The van der Waals surface area contributed by atoms with Crippen LogP contribution in [0.4, 0.5) is 29.3 Å². The molecule has 8 heteroatoms. The maximum Gasteiger partial charge on any atom is 0.417 e. The van der Waals surface area contributed by atoms with Gasteiger partial charge in [-0.25, -0.2) is 4.79 Å². The molecule has 0 spiro atoms. The van der Waals surface area contributed by atoms with Crippen molar-refractivity contribution in [3.63, 3.8) is 0 Å². The summed E-state index contributed by atoms with van der Waals surface area (Å²) >= 11 is 5.63. The lowest BCUT2D eigenvalue weighted by molar-refractivity contribution is -0.137. The fraction of sp³-hybridized carbons (Fsp3) is 0.367. The van der Waals surface area contributed by atoms with Crippen LogP contribution in [0.15, 0.2) is 66.7 Å². The smallest absolute Gasteiger partial charge is 0.417 e. The third-order valence-electron chi connectivity index (χ3n) is 8.38. The molecule has 0 atom stereocenters. The van der Waals surface area contributed by atoms with E-state index in [2.05, 4.69) is 22.8 Å². The molecule has 7 rings (SSSR count). The normalized spacial score (nSPS) is 25.7. The number of alkyl halides is 3. The van der Waals surface area contributed by atoms with E-state index < -0.39 is 22.8 Å². The predicted octanol–water partition coefficient (Wildman–Crippen LogP) is 9.26. The van der Waals surface area contributed by atoms with Gasteiger partial charge in [-0.15, -0.1) is 0 Å². The van der Waals surface area contributed by atoms with Crippen LogP contribution in [0.5, 0.6) is 11.5 Å². The zero-order valence-electron chi connectivity index (χ0n) is 20.7. The van der Waals surface area contributed by atoms with E-state index >= 15 is 0 Å². The Morgan fingerprint density at radius 1 is 0.789 bits per heavy atom. The average molecular weight is 541 g/mol. The standard InChI is InChI=1S/C30H28ClF3N2O2/c31-27-10-5-23(14-26(27)30(32,33)34)36-28(37)35-22-3-8-25(9-4-22)38-24-6-1-21(2-7-24)29-15-18-11-19(16-29)13-20(12-18)17-29/h1-10,14,18-20H,11-13,15-17H2,(H2,35,36,37). The lowest BCUT2D eigenvalue weighted by Crippen LogP contribution is -2.48. The van der Waals surface area contributed by atoms with Crippen LogP contribution in [-0.4, -0.2) is 6.03 Å². The summed E-state index contributed by atoms with van der Waals surface area (Å²) in [7, 11) is 0. The molecule has 0 aromatic heterocycles. The molecular weight excluding hydrogens is 513 g/mol. The molecule has 3 aromatic carbocycles. The number of carbonyl (C=O) groups is 1. The topological polar surface area (TPSA) is 50.4 Å². The SMILES string of the molecule is O=C(Nc1ccc(Oc2ccc(C34CC5CC(CC(C5)C3)C4)cc2)cc1)Nc1ccc(Cl)c(C(F)(F)F)c1. The molecule has 0 radical (unpaired) electrons. The van der Waals surface area contributed by atoms with E-state index in [4.69, 9.17) is 16.3 Å². The number of benzene rings is 3. The molecule has 4 aliphatic rings. The Hall–Kier alpha value is -3.19. The van der Waals surface area contributed by atoms with Crippen molar-refractivity contribution in [2.75, 3.05) is 10.6 Å². The molecule has 38 heavy (non-hydrogen) atoms. The minimum absolute atomic E-state index is 0.0174. The van der Waals surface area contributed by atoms with E-state index in [9.17, 15) is 18.0 Å². The first-order chi connectivity index (χ1) is 18.1. The summed E-state index contributed by atoms with van der Waals surface area (Å²) in [5, 5.41) is 4.57. The van der Waals surface area contributed by atoms with Gasteiger partial charge < -0.3 is 15.4 Å². The molecule has 4 bridgehead atoms. The van der Waals surface area contributed by atoms with E-state index in [0.717, 1.165) is 35.6 Å². The second-order valence-electron chi connectivity index (χ2n) is 11.1. The zero-order chi connectivity index (χ0) is 26.5. The van der Waals surface area contributed by atoms with E-state index in [-0.39, 0.29) is 5.69 Å². The lowest BCUT2D eigenvalue weighted by atomic mass is 9.48. The van der Waals surface area contributed by atoms with Crippen molar-refractivity contribution in [1.82, 2.24) is 0 Å². The van der Waals surface area contributed by atoms with E-state index in [1.54, 1.807) is 24.3 Å². The second-order valence-corrected chi connectivity index (χ2v) is 11.5. The molecule has 198 valence electrons. The summed E-state index contributed by atoms with van der Waals surface area (Å²) in [5.74, 6) is 4.06. The lowest BCUT2D eigenvalue weighted by Gasteiger charge is -2.57. The summed E-state index contributed by atoms with van der Waals surface area (Å²) in [6.45, 7) is 0. The van der Waals surface area contributed by atoms with Crippen molar-refractivity contribution in [3.8, 4) is 11.5 Å². The Balaban J connectivity index is 1.06. The molecule has 0 saturated heterocycles. The number of amides is 2. The predicted molar refractivity (Wildman–Crippen MR) is 142 cm³/mol. The molecule has 4 fully saturated rings. The fourth-order valence-electron chi connectivity index (χ4n) is 7.20. The summed E-state index contributed by atoms with van der Waals surface area (Å²) < 4.78 is 45.2. The van der Waals surface area contributed by atoms with Gasteiger partial charge in [-0.2, -0.15) is 13.2 Å². The van der Waals surface area contributed by atoms with Crippen molar-refractivity contribution in [2.45, 2.75) is 50.1 Å². The number of halogens is 4. The highest BCUT2D eigenvalue weighted by molar-refractivity contribution is 6.31. The Bertz CT molecular complexity index is 1300. The molecule has 4 saturated carbocycles. The van der Waals surface area contributed by atoms with Crippen LogP contribution in [-0.2, 0) is 11.6 Å². The van der Waals surface area contributed by atoms with Crippen LogP contribution < -0.4 is 15.4 Å². The van der Waals surface area contributed by atoms with Crippen molar-refractivity contribution >= 4 is 29.0 Å². The first kappa shape index (κ1) is 25.1. The molecule has 2 N–H and O–H groups in total. The van der Waals surface area contributed by atoms with Gasteiger partial charge >= 0.3 is 12.2 Å². The van der Waals surface area contributed by atoms with Crippen LogP contribution in [0.3, 0.4) is 0 Å². The van der Waals surface area contributed by atoms with Gasteiger partial charge in [0.25, 0.3) is 0 Å². The number of carbonyl (C=O) groups excluding carboxylic acids is 1. The Morgan fingerprint density at radius 2 is 1.29 bits per heavy atom. The van der Waals surface area contributed by atoms with Gasteiger partial charge in [0.15, 0.2) is 0 Å². The number of hydrogen-bond donors (Lipinski definition) is 2. The first-order valence-electron chi connectivity index (χ1n) is 13.0. The van der Waals surface area contributed by atoms with Crippen LogP contribution in [0.25, 0.3) is 0 Å². The van der Waals surface area contributed by atoms with Crippen molar-refractivity contribution in [1.29, 1.82) is 0 Å². The number of ether oxygens (including phenoxy) is 1. The molecule has 4 aliphatic carbocycles. The van der Waals surface area contributed by atoms with Gasteiger partial charge in [-0.3, -0.25) is 0 Å². The van der Waals surface area contributed by atoms with Gasteiger partial charge in [0.05, 0.1) is 10.6 Å².